The minimum absolute atomic E-state index is 0.498. The summed E-state index contributed by atoms with van der Waals surface area (Å²) in [6.07, 6.45) is 1.79. The van der Waals surface area contributed by atoms with Crippen LogP contribution >= 0.6 is 23.2 Å². The number of aliphatic imine (C=N–C) groups is 1. The zero-order chi connectivity index (χ0) is 19.8. The molecule has 2 aromatic carbocycles. The lowest BCUT2D eigenvalue weighted by atomic mass is 10.00. The van der Waals surface area contributed by atoms with Crippen LogP contribution in [0.5, 0.6) is 5.75 Å². The standard InChI is InChI=1S/C21H18Cl2N4O/c1-4-9-27-21-19(12(2)26-27)25-20(13-7-5-6-8-15(13)22)14-10-16(23)18(28-3)11-17(14)24-21/h4-8,10-11,24H,1,9H2,2-3H3. The highest BCUT2D eigenvalue weighted by molar-refractivity contribution is 6.37. The van der Waals surface area contributed by atoms with Gasteiger partial charge in [-0.3, -0.25) is 0 Å². The van der Waals surface area contributed by atoms with Crippen LogP contribution in [0.15, 0.2) is 54.0 Å². The number of hydrogen-bond donors (Lipinski definition) is 1. The van der Waals surface area contributed by atoms with Gasteiger partial charge in [0.2, 0.25) is 0 Å². The quantitative estimate of drug-likeness (QED) is 0.423. The molecule has 0 unspecified atom stereocenters. The number of rotatable bonds is 4. The van der Waals surface area contributed by atoms with Crippen LogP contribution in [-0.4, -0.2) is 22.6 Å². The number of aryl methyl sites for hydroxylation is 1. The number of hydrogen-bond acceptors (Lipinski definition) is 4. The predicted octanol–water partition coefficient (Wildman–Crippen LogP) is 5.92. The lowest BCUT2D eigenvalue weighted by Gasteiger charge is -2.15. The molecule has 0 atom stereocenters. The second kappa shape index (κ2) is 7.34. The van der Waals surface area contributed by atoms with Crippen molar-refractivity contribution in [2.24, 2.45) is 4.99 Å². The van der Waals surface area contributed by atoms with Crippen molar-refractivity contribution in [3.63, 3.8) is 0 Å². The molecule has 1 N–H and O–H groups in total. The molecule has 1 aliphatic heterocycles. The molecular formula is C21H18Cl2N4O. The van der Waals surface area contributed by atoms with Gasteiger partial charge < -0.3 is 10.1 Å². The summed E-state index contributed by atoms with van der Waals surface area (Å²) >= 11 is 12.9. The van der Waals surface area contributed by atoms with Gasteiger partial charge >= 0.3 is 0 Å². The van der Waals surface area contributed by atoms with Crippen LogP contribution in [0.1, 0.15) is 16.8 Å². The van der Waals surface area contributed by atoms with Crippen LogP contribution in [0.25, 0.3) is 0 Å². The van der Waals surface area contributed by atoms with E-state index in [1.807, 2.05) is 48.0 Å². The minimum atomic E-state index is 0.498. The number of halogens is 2. The first-order chi connectivity index (χ1) is 13.5. The first-order valence-electron chi connectivity index (χ1n) is 8.70. The molecule has 1 aromatic heterocycles. The highest BCUT2D eigenvalue weighted by atomic mass is 35.5. The summed E-state index contributed by atoms with van der Waals surface area (Å²) in [7, 11) is 1.59. The molecule has 2 heterocycles. The number of aromatic nitrogens is 2. The molecular weight excluding hydrogens is 395 g/mol. The van der Waals surface area contributed by atoms with Crippen molar-refractivity contribution < 1.29 is 4.74 Å². The summed E-state index contributed by atoms with van der Waals surface area (Å²) in [5.41, 5.74) is 4.74. The molecule has 7 heteroatoms. The first-order valence-corrected chi connectivity index (χ1v) is 9.46. The highest BCUT2D eigenvalue weighted by Crippen LogP contribution is 2.41. The van der Waals surface area contributed by atoms with Gasteiger partial charge in [0.15, 0.2) is 5.82 Å². The highest BCUT2D eigenvalue weighted by Gasteiger charge is 2.25. The Kier molecular flexibility index (Phi) is 4.87. The third kappa shape index (κ3) is 3.07. The smallest absolute Gasteiger partial charge is 0.155 e. The molecule has 5 nitrogen and oxygen atoms in total. The third-order valence-corrected chi connectivity index (χ3v) is 5.18. The van der Waals surface area contributed by atoms with E-state index in [4.69, 9.17) is 32.9 Å². The molecule has 0 fully saturated rings. The Morgan fingerprint density at radius 2 is 1.96 bits per heavy atom. The maximum absolute atomic E-state index is 6.50. The van der Waals surface area contributed by atoms with Crippen molar-refractivity contribution in [1.82, 2.24) is 9.78 Å². The summed E-state index contributed by atoms with van der Waals surface area (Å²) in [4.78, 5) is 4.96. The maximum atomic E-state index is 6.50. The molecule has 0 amide bonds. The van der Waals surface area contributed by atoms with Crippen LogP contribution < -0.4 is 10.1 Å². The van der Waals surface area contributed by atoms with Gasteiger partial charge in [0, 0.05) is 22.2 Å². The Labute approximate surface area is 173 Å². The zero-order valence-corrected chi connectivity index (χ0v) is 17.0. The maximum Gasteiger partial charge on any atom is 0.155 e. The molecule has 0 spiro atoms. The lowest BCUT2D eigenvalue weighted by molar-refractivity contribution is 0.415. The number of anilines is 2. The van der Waals surface area contributed by atoms with Gasteiger partial charge in [-0.15, -0.1) is 6.58 Å². The van der Waals surface area contributed by atoms with E-state index >= 15 is 0 Å². The molecule has 142 valence electrons. The van der Waals surface area contributed by atoms with Crippen LogP contribution in [0.3, 0.4) is 0 Å². The van der Waals surface area contributed by atoms with Gasteiger partial charge in [0.1, 0.15) is 11.4 Å². The number of methoxy groups -OCH3 is 1. The SMILES string of the molecule is C=CCn1nc(C)c2c1Nc1cc(OC)c(Cl)cc1C(c1ccccc1Cl)=N2. The fourth-order valence-corrected chi connectivity index (χ4v) is 3.72. The van der Waals surface area contributed by atoms with Crippen molar-refractivity contribution in [2.75, 3.05) is 12.4 Å². The molecule has 4 rings (SSSR count). The van der Waals surface area contributed by atoms with E-state index in [0.29, 0.717) is 22.3 Å². The van der Waals surface area contributed by atoms with E-state index in [1.54, 1.807) is 13.2 Å². The average molecular weight is 413 g/mol. The summed E-state index contributed by atoms with van der Waals surface area (Å²) in [6, 6.07) is 11.3. The second-order valence-electron chi connectivity index (χ2n) is 6.35. The Hall–Kier alpha value is -2.76. The number of fused-ring (bicyclic) bond motifs is 2. The number of ether oxygens (including phenoxy) is 1. The first kappa shape index (κ1) is 18.6. The summed E-state index contributed by atoms with van der Waals surface area (Å²) in [5, 5.41) is 9.16. The van der Waals surface area contributed by atoms with Gasteiger partial charge in [0.05, 0.1) is 35.8 Å². The molecule has 0 aliphatic carbocycles. The van der Waals surface area contributed by atoms with E-state index in [0.717, 1.165) is 39.7 Å². The van der Waals surface area contributed by atoms with E-state index in [-0.39, 0.29) is 0 Å². The fraction of sp³-hybridized carbons (Fsp3) is 0.143. The van der Waals surface area contributed by atoms with E-state index in [9.17, 15) is 0 Å². The van der Waals surface area contributed by atoms with Crippen molar-refractivity contribution in [2.45, 2.75) is 13.5 Å². The Morgan fingerprint density at radius 3 is 2.68 bits per heavy atom. The molecule has 0 saturated carbocycles. The molecule has 0 saturated heterocycles. The van der Waals surface area contributed by atoms with Crippen LogP contribution in [0.2, 0.25) is 10.0 Å². The molecule has 0 radical (unpaired) electrons. The summed E-state index contributed by atoms with van der Waals surface area (Å²) in [5.74, 6) is 1.35. The van der Waals surface area contributed by atoms with Crippen molar-refractivity contribution in [1.29, 1.82) is 0 Å². The van der Waals surface area contributed by atoms with E-state index in [2.05, 4.69) is 17.0 Å². The Morgan fingerprint density at radius 1 is 1.18 bits per heavy atom. The summed E-state index contributed by atoms with van der Waals surface area (Å²) < 4.78 is 7.25. The van der Waals surface area contributed by atoms with Gasteiger partial charge in [-0.2, -0.15) is 5.10 Å². The number of allylic oxidation sites excluding steroid dienone is 1. The summed E-state index contributed by atoms with van der Waals surface area (Å²) in [6.45, 7) is 6.30. The Bertz CT molecular complexity index is 1120. The minimum Gasteiger partial charge on any atom is -0.495 e. The van der Waals surface area contributed by atoms with Crippen LogP contribution in [-0.2, 0) is 6.54 Å². The van der Waals surface area contributed by atoms with Gasteiger partial charge in [-0.25, -0.2) is 9.67 Å². The normalized spacial score (nSPS) is 12.4. The number of nitrogens with zero attached hydrogens (tertiary/aromatic N) is 3. The number of nitrogens with one attached hydrogen (secondary N) is 1. The monoisotopic (exact) mass is 412 g/mol. The average Bonchev–Trinajstić information content (AvgIpc) is 2.86. The van der Waals surface area contributed by atoms with Crippen molar-refractivity contribution in [3.8, 4) is 5.75 Å². The molecule has 1 aliphatic rings. The Balaban J connectivity index is 2.04. The molecule has 28 heavy (non-hydrogen) atoms. The van der Waals surface area contributed by atoms with Gasteiger partial charge in [0.25, 0.3) is 0 Å². The van der Waals surface area contributed by atoms with Crippen LogP contribution in [0.4, 0.5) is 17.2 Å². The number of benzene rings is 2. The van der Waals surface area contributed by atoms with Crippen molar-refractivity contribution >= 4 is 46.1 Å². The zero-order valence-electron chi connectivity index (χ0n) is 15.5. The van der Waals surface area contributed by atoms with Gasteiger partial charge in [-0.05, 0) is 19.1 Å². The topological polar surface area (TPSA) is 51.4 Å². The molecule has 3 aromatic rings. The van der Waals surface area contributed by atoms with Crippen molar-refractivity contribution in [3.05, 3.63) is 75.9 Å². The second-order valence-corrected chi connectivity index (χ2v) is 7.17. The predicted molar refractivity (Wildman–Crippen MR) is 115 cm³/mol. The van der Waals surface area contributed by atoms with Gasteiger partial charge in [-0.1, -0.05) is 47.5 Å². The largest absolute Gasteiger partial charge is 0.495 e. The van der Waals surface area contributed by atoms with E-state index in [1.165, 1.54) is 0 Å². The van der Waals surface area contributed by atoms with E-state index < -0.39 is 0 Å². The third-order valence-electron chi connectivity index (χ3n) is 4.55. The fourth-order valence-electron chi connectivity index (χ4n) is 3.25. The lowest BCUT2D eigenvalue weighted by Crippen LogP contribution is -2.08. The van der Waals surface area contributed by atoms with Crippen LogP contribution in [0, 0.1) is 6.92 Å². The molecule has 0 bridgehead atoms.